The molecule has 0 aromatic heterocycles. The van der Waals surface area contributed by atoms with Crippen LogP contribution in [0.4, 0.5) is 4.79 Å². The maximum atomic E-state index is 10.9. The quantitative estimate of drug-likeness (QED) is 0.784. The van der Waals surface area contributed by atoms with Gasteiger partial charge in [0.25, 0.3) is 0 Å². The molecule has 2 rings (SSSR count). The molecule has 1 aromatic carbocycles. The van der Waals surface area contributed by atoms with Crippen LogP contribution in [0.5, 0.6) is 11.5 Å². The number of nitrogens with one attached hydrogen (secondary N) is 2. The summed E-state index contributed by atoms with van der Waals surface area (Å²) >= 11 is 4.92. The molecule has 1 amide bonds. The van der Waals surface area contributed by atoms with Crippen LogP contribution in [0, 0.1) is 0 Å². The van der Waals surface area contributed by atoms with Gasteiger partial charge in [0.05, 0.1) is 7.11 Å². The molecule has 1 aliphatic heterocycles. The van der Waals surface area contributed by atoms with Gasteiger partial charge in [0.2, 0.25) is 6.79 Å². The van der Waals surface area contributed by atoms with Gasteiger partial charge in [-0.15, -0.1) is 0 Å². The number of carbonyl (C=O) groups is 1. The standard InChI is InChI=1S/C11H12N2O4S/c1-15-11(14)13-10(18)12-5-7-2-3-8-9(4-7)17-6-16-8/h2-4H,5-6H2,1H3,(H2,12,13,14,18). The van der Waals surface area contributed by atoms with Gasteiger partial charge < -0.3 is 19.5 Å². The second-order valence-electron chi connectivity index (χ2n) is 3.49. The second kappa shape index (κ2) is 5.54. The molecule has 18 heavy (non-hydrogen) atoms. The van der Waals surface area contributed by atoms with E-state index in [9.17, 15) is 4.79 Å². The van der Waals surface area contributed by atoms with E-state index in [0.29, 0.717) is 12.3 Å². The van der Waals surface area contributed by atoms with Crippen molar-refractivity contribution in [2.24, 2.45) is 0 Å². The minimum absolute atomic E-state index is 0.208. The average Bonchev–Trinajstić information content (AvgIpc) is 2.83. The summed E-state index contributed by atoms with van der Waals surface area (Å²) in [5.41, 5.74) is 0.966. The number of ether oxygens (including phenoxy) is 3. The molecule has 0 spiro atoms. The van der Waals surface area contributed by atoms with Crippen LogP contribution in [0.2, 0.25) is 0 Å². The first-order valence-electron chi connectivity index (χ1n) is 5.20. The molecule has 7 heteroatoms. The Bertz CT molecular complexity index is 478. The predicted molar refractivity (Wildman–Crippen MR) is 67.5 cm³/mol. The average molecular weight is 268 g/mol. The fourth-order valence-electron chi connectivity index (χ4n) is 1.42. The number of alkyl carbamates (subject to hydrolysis) is 1. The predicted octanol–water partition coefficient (Wildman–Crippen LogP) is 1.15. The molecule has 0 aliphatic carbocycles. The number of rotatable bonds is 2. The highest BCUT2D eigenvalue weighted by molar-refractivity contribution is 7.80. The zero-order chi connectivity index (χ0) is 13.0. The lowest BCUT2D eigenvalue weighted by Crippen LogP contribution is -2.38. The van der Waals surface area contributed by atoms with Gasteiger partial charge in [-0.1, -0.05) is 6.07 Å². The lowest BCUT2D eigenvalue weighted by molar-refractivity contribution is 0.174. The highest BCUT2D eigenvalue weighted by Crippen LogP contribution is 2.32. The van der Waals surface area contributed by atoms with Crippen LogP contribution in [0.25, 0.3) is 0 Å². The van der Waals surface area contributed by atoms with Crippen molar-refractivity contribution in [3.05, 3.63) is 23.8 Å². The Morgan fingerprint density at radius 3 is 3.00 bits per heavy atom. The van der Waals surface area contributed by atoms with Crippen LogP contribution in [0.3, 0.4) is 0 Å². The monoisotopic (exact) mass is 268 g/mol. The summed E-state index contributed by atoms with van der Waals surface area (Å²) in [6, 6.07) is 5.58. The van der Waals surface area contributed by atoms with E-state index >= 15 is 0 Å². The molecule has 0 atom stereocenters. The van der Waals surface area contributed by atoms with Crippen molar-refractivity contribution < 1.29 is 19.0 Å². The summed E-state index contributed by atoms with van der Waals surface area (Å²) in [7, 11) is 1.27. The number of benzene rings is 1. The summed E-state index contributed by atoms with van der Waals surface area (Å²) < 4.78 is 14.9. The van der Waals surface area contributed by atoms with Crippen molar-refractivity contribution in [3.63, 3.8) is 0 Å². The first kappa shape index (κ1) is 12.4. The largest absolute Gasteiger partial charge is 0.454 e. The smallest absolute Gasteiger partial charge is 0.413 e. The number of amides is 1. The van der Waals surface area contributed by atoms with Gasteiger partial charge in [-0.05, 0) is 29.9 Å². The van der Waals surface area contributed by atoms with Gasteiger partial charge in [0.15, 0.2) is 16.6 Å². The molecule has 1 aliphatic rings. The van der Waals surface area contributed by atoms with Gasteiger partial charge in [-0.25, -0.2) is 4.79 Å². The van der Waals surface area contributed by atoms with E-state index < -0.39 is 6.09 Å². The molecule has 0 bridgehead atoms. The summed E-state index contributed by atoms with van der Waals surface area (Å²) in [4.78, 5) is 10.9. The molecular weight excluding hydrogens is 256 g/mol. The van der Waals surface area contributed by atoms with Gasteiger partial charge in [0, 0.05) is 6.54 Å². The van der Waals surface area contributed by atoms with E-state index in [1.807, 2.05) is 18.2 Å². The third kappa shape index (κ3) is 3.01. The molecular formula is C11H12N2O4S. The van der Waals surface area contributed by atoms with E-state index in [4.69, 9.17) is 21.7 Å². The van der Waals surface area contributed by atoms with Gasteiger partial charge in [0.1, 0.15) is 0 Å². The van der Waals surface area contributed by atoms with Crippen LogP contribution in [-0.4, -0.2) is 25.1 Å². The molecule has 1 aromatic rings. The Morgan fingerprint density at radius 1 is 1.44 bits per heavy atom. The van der Waals surface area contributed by atoms with E-state index in [0.717, 1.165) is 11.3 Å². The first-order valence-corrected chi connectivity index (χ1v) is 5.61. The maximum absolute atomic E-state index is 10.9. The molecule has 0 unspecified atom stereocenters. The molecule has 0 fully saturated rings. The Kier molecular flexibility index (Phi) is 3.83. The minimum Gasteiger partial charge on any atom is -0.454 e. The zero-order valence-electron chi connectivity index (χ0n) is 9.69. The summed E-state index contributed by atoms with van der Waals surface area (Å²) in [6.07, 6.45) is -0.599. The van der Waals surface area contributed by atoms with Crippen LogP contribution >= 0.6 is 12.2 Å². The SMILES string of the molecule is COC(=O)NC(=S)NCc1ccc2c(c1)OCO2. The third-order valence-electron chi connectivity index (χ3n) is 2.29. The molecule has 0 saturated carbocycles. The zero-order valence-corrected chi connectivity index (χ0v) is 10.5. The number of hydrogen-bond acceptors (Lipinski definition) is 5. The topological polar surface area (TPSA) is 68.8 Å². The number of thiocarbonyl (C=S) groups is 1. The highest BCUT2D eigenvalue weighted by atomic mass is 32.1. The number of carbonyl (C=O) groups excluding carboxylic acids is 1. The second-order valence-corrected chi connectivity index (χ2v) is 3.90. The van der Waals surface area contributed by atoms with Crippen molar-refractivity contribution in [1.82, 2.24) is 10.6 Å². The van der Waals surface area contributed by atoms with Gasteiger partial charge in [-0.2, -0.15) is 0 Å². The Morgan fingerprint density at radius 2 is 2.22 bits per heavy atom. The van der Waals surface area contributed by atoms with Gasteiger partial charge >= 0.3 is 6.09 Å². The summed E-state index contributed by atoms with van der Waals surface area (Å²) in [5.74, 6) is 1.44. The molecule has 0 saturated heterocycles. The Labute approximate surface area is 109 Å². The first-order chi connectivity index (χ1) is 8.69. The molecule has 6 nitrogen and oxygen atoms in total. The number of hydrogen-bond donors (Lipinski definition) is 2. The lowest BCUT2D eigenvalue weighted by atomic mass is 10.2. The lowest BCUT2D eigenvalue weighted by Gasteiger charge is -2.08. The van der Waals surface area contributed by atoms with Crippen molar-refractivity contribution >= 4 is 23.4 Å². The third-order valence-corrected chi connectivity index (χ3v) is 2.54. The summed E-state index contributed by atoms with van der Waals surface area (Å²) in [6.45, 7) is 0.716. The number of fused-ring (bicyclic) bond motifs is 1. The van der Waals surface area contributed by atoms with E-state index in [1.165, 1.54) is 7.11 Å². The van der Waals surface area contributed by atoms with E-state index in [1.54, 1.807) is 0 Å². The fraction of sp³-hybridized carbons (Fsp3) is 0.273. The Hall–Kier alpha value is -2.02. The van der Waals surface area contributed by atoms with Crippen LogP contribution in [0.15, 0.2) is 18.2 Å². The van der Waals surface area contributed by atoms with Crippen LogP contribution in [-0.2, 0) is 11.3 Å². The highest BCUT2D eigenvalue weighted by Gasteiger charge is 2.13. The van der Waals surface area contributed by atoms with Crippen molar-refractivity contribution in [1.29, 1.82) is 0 Å². The van der Waals surface area contributed by atoms with Crippen molar-refractivity contribution in [2.45, 2.75) is 6.54 Å². The summed E-state index contributed by atoms with van der Waals surface area (Å²) in [5, 5.41) is 5.44. The fourth-order valence-corrected chi connectivity index (χ4v) is 1.58. The van der Waals surface area contributed by atoms with Crippen LogP contribution in [0.1, 0.15) is 5.56 Å². The number of methoxy groups -OCH3 is 1. The van der Waals surface area contributed by atoms with E-state index in [2.05, 4.69) is 15.4 Å². The molecule has 1 heterocycles. The maximum Gasteiger partial charge on any atom is 0.413 e. The van der Waals surface area contributed by atoms with Crippen molar-refractivity contribution in [2.75, 3.05) is 13.9 Å². The molecule has 0 radical (unpaired) electrons. The molecule has 2 N–H and O–H groups in total. The minimum atomic E-state index is -0.599. The van der Waals surface area contributed by atoms with Crippen molar-refractivity contribution in [3.8, 4) is 11.5 Å². The van der Waals surface area contributed by atoms with Crippen LogP contribution < -0.4 is 20.1 Å². The van der Waals surface area contributed by atoms with E-state index in [-0.39, 0.29) is 11.9 Å². The van der Waals surface area contributed by atoms with Gasteiger partial charge in [-0.3, -0.25) is 5.32 Å². The Balaban J connectivity index is 1.87. The molecule has 96 valence electrons. The normalized spacial score (nSPS) is 11.8.